The Labute approximate surface area is 147 Å². The Morgan fingerprint density at radius 1 is 0.920 bits per heavy atom. The van der Waals surface area contributed by atoms with E-state index in [1.165, 1.54) is 14.2 Å². The van der Waals surface area contributed by atoms with Crippen LogP contribution in [0.25, 0.3) is 0 Å². The monoisotopic (exact) mass is 342 g/mol. The van der Waals surface area contributed by atoms with Gasteiger partial charge in [-0.05, 0) is 44.5 Å². The number of Topliss-reactive ketones (excluding diaryl/α,β-unsaturated/α-hetero) is 1. The maximum Gasteiger partial charge on any atom is 0.338 e. The van der Waals surface area contributed by atoms with Gasteiger partial charge in [0.25, 0.3) is 0 Å². The van der Waals surface area contributed by atoms with Crippen LogP contribution in [0.2, 0.25) is 0 Å². The molecule has 5 heteroatoms. The topological polar surface area (TPSA) is 61.8 Å². The van der Waals surface area contributed by atoms with E-state index in [2.05, 4.69) is 0 Å². The Balaban J connectivity index is 2.15. The van der Waals surface area contributed by atoms with Crippen LogP contribution < -0.4 is 9.47 Å². The van der Waals surface area contributed by atoms with Gasteiger partial charge in [-0.2, -0.15) is 0 Å². The van der Waals surface area contributed by atoms with Crippen molar-refractivity contribution in [3.05, 3.63) is 58.1 Å². The molecule has 0 N–H and O–H groups in total. The van der Waals surface area contributed by atoms with Crippen molar-refractivity contribution in [2.24, 2.45) is 0 Å². The molecule has 0 unspecified atom stereocenters. The number of ether oxygens (including phenoxy) is 3. The first-order valence-electron chi connectivity index (χ1n) is 7.87. The minimum Gasteiger partial charge on any atom is -0.496 e. The fourth-order valence-electron chi connectivity index (χ4n) is 2.53. The number of benzene rings is 2. The quantitative estimate of drug-likeness (QED) is 0.592. The van der Waals surface area contributed by atoms with Crippen molar-refractivity contribution in [3.63, 3.8) is 0 Å². The second kappa shape index (κ2) is 7.83. The normalized spacial score (nSPS) is 10.3. The lowest BCUT2D eigenvalue weighted by Gasteiger charge is -2.12. The van der Waals surface area contributed by atoms with Gasteiger partial charge in [-0.3, -0.25) is 4.79 Å². The Kier molecular flexibility index (Phi) is 5.80. The van der Waals surface area contributed by atoms with E-state index in [9.17, 15) is 9.59 Å². The molecule has 2 aromatic rings. The third-order valence-corrected chi connectivity index (χ3v) is 4.02. The highest BCUT2D eigenvalue weighted by molar-refractivity contribution is 6.00. The van der Waals surface area contributed by atoms with E-state index in [1.54, 1.807) is 18.2 Å². The van der Waals surface area contributed by atoms with Gasteiger partial charge in [0.2, 0.25) is 5.78 Å². The van der Waals surface area contributed by atoms with Crippen molar-refractivity contribution in [1.82, 2.24) is 0 Å². The second-order valence-corrected chi connectivity index (χ2v) is 5.82. The minimum atomic E-state index is -0.602. The number of hydrogen-bond acceptors (Lipinski definition) is 5. The summed E-state index contributed by atoms with van der Waals surface area (Å²) >= 11 is 0. The summed E-state index contributed by atoms with van der Waals surface area (Å²) in [5.74, 6) is 0.204. The van der Waals surface area contributed by atoms with Crippen molar-refractivity contribution in [2.75, 3.05) is 20.8 Å². The number of carbonyl (C=O) groups is 2. The number of hydrogen-bond donors (Lipinski definition) is 0. The lowest BCUT2D eigenvalue weighted by molar-refractivity contribution is 0.0474. The van der Waals surface area contributed by atoms with Gasteiger partial charge in [0.1, 0.15) is 11.5 Å². The smallest absolute Gasteiger partial charge is 0.338 e. The zero-order chi connectivity index (χ0) is 18.6. The highest BCUT2D eigenvalue weighted by atomic mass is 16.5. The van der Waals surface area contributed by atoms with E-state index in [-0.39, 0.29) is 18.0 Å². The summed E-state index contributed by atoms with van der Waals surface area (Å²) < 4.78 is 15.7. The zero-order valence-electron chi connectivity index (χ0n) is 15.1. The maximum absolute atomic E-state index is 12.3. The molecule has 0 amide bonds. The minimum absolute atomic E-state index is 0.236. The van der Waals surface area contributed by atoms with Crippen LogP contribution in [0.1, 0.15) is 37.4 Å². The highest BCUT2D eigenvalue weighted by Gasteiger charge is 2.17. The van der Waals surface area contributed by atoms with Crippen LogP contribution in [0.4, 0.5) is 0 Å². The zero-order valence-corrected chi connectivity index (χ0v) is 15.1. The first-order chi connectivity index (χ1) is 11.9. The van der Waals surface area contributed by atoms with E-state index in [0.29, 0.717) is 17.1 Å². The average Bonchev–Trinajstić information content (AvgIpc) is 2.61. The van der Waals surface area contributed by atoms with Gasteiger partial charge < -0.3 is 14.2 Å². The largest absolute Gasteiger partial charge is 0.496 e. The third kappa shape index (κ3) is 4.18. The molecule has 132 valence electrons. The molecule has 0 spiro atoms. The van der Waals surface area contributed by atoms with Crippen molar-refractivity contribution < 1.29 is 23.8 Å². The number of aryl methyl sites for hydroxylation is 2. The third-order valence-electron chi connectivity index (χ3n) is 4.02. The fourth-order valence-corrected chi connectivity index (χ4v) is 2.53. The van der Waals surface area contributed by atoms with Crippen molar-refractivity contribution in [2.45, 2.75) is 20.8 Å². The second-order valence-electron chi connectivity index (χ2n) is 5.82. The van der Waals surface area contributed by atoms with Gasteiger partial charge in [-0.25, -0.2) is 4.79 Å². The summed E-state index contributed by atoms with van der Waals surface area (Å²) in [4.78, 5) is 24.6. The fraction of sp³-hybridized carbons (Fsp3) is 0.300. The average molecular weight is 342 g/mol. The number of ketones is 1. The van der Waals surface area contributed by atoms with Crippen LogP contribution in [0.3, 0.4) is 0 Å². The summed E-state index contributed by atoms with van der Waals surface area (Å²) in [6.07, 6.45) is 0. The maximum atomic E-state index is 12.3. The number of carbonyl (C=O) groups excluding carboxylic acids is 2. The molecular formula is C20H22O5. The molecule has 0 aliphatic heterocycles. The first-order valence-corrected chi connectivity index (χ1v) is 7.87. The van der Waals surface area contributed by atoms with E-state index in [1.807, 2.05) is 32.9 Å². The number of methoxy groups -OCH3 is 2. The van der Waals surface area contributed by atoms with Gasteiger partial charge in [0.15, 0.2) is 6.61 Å². The number of rotatable bonds is 6. The molecule has 0 radical (unpaired) electrons. The molecule has 0 atom stereocenters. The van der Waals surface area contributed by atoms with Gasteiger partial charge in [-0.1, -0.05) is 17.7 Å². The SMILES string of the molecule is COc1cc(C(=O)OCC(=O)c2cc(C)ccc2C)cc(OC)c1C. The summed E-state index contributed by atoms with van der Waals surface area (Å²) in [6, 6.07) is 8.75. The van der Waals surface area contributed by atoms with Gasteiger partial charge in [0, 0.05) is 11.1 Å². The van der Waals surface area contributed by atoms with Crippen molar-refractivity contribution >= 4 is 11.8 Å². The molecule has 0 saturated carbocycles. The van der Waals surface area contributed by atoms with E-state index < -0.39 is 5.97 Å². The van der Waals surface area contributed by atoms with E-state index in [0.717, 1.165) is 16.7 Å². The molecule has 5 nitrogen and oxygen atoms in total. The summed E-state index contributed by atoms with van der Waals surface area (Å²) in [5.41, 5.74) is 3.45. The molecule has 0 fully saturated rings. The Bertz CT molecular complexity index is 783. The standard InChI is InChI=1S/C20H22O5/c1-12-6-7-13(2)16(8-12)17(21)11-25-20(22)15-9-18(23-4)14(3)19(10-15)24-5/h6-10H,11H2,1-5H3. The van der Waals surface area contributed by atoms with Crippen molar-refractivity contribution in [3.8, 4) is 11.5 Å². The van der Waals surface area contributed by atoms with Crippen LogP contribution in [0, 0.1) is 20.8 Å². The van der Waals surface area contributed by atoms with Gasteiger partial charge in [0.05, 0.1) is 19.8 Å². The highest BCUT2D eigenvalue weighted by Crippen LogP contribution is 2.29. The molecule has 2 aromatic carbocycles. The predicted molar refractivity (Wildman–Crippen MR) is 94.8 cm³/mol. The molecule has 0 aliphatic rings. The molecule has 2 rings (SSSR count). The Morgan fingerprint density at radius 2 is 1.52 bits per heavy atom. The van der Waals surface area contributed by atoms with Crippen LogP contribution >= 0.6 is 0 Å². The van der Waals surface area contributed by atoms with Gasteiger partial charge in [-0.15, -0.1) is 0 Å². The number of esters is 1. The van der Waals surface area contributed by atoms with Gasteiger partial charge >= 0.3 is 5.97 Å². The van der Waals surface area contributed by atoms with Crippen LogP contribution in [0.5, 0.6) is 11.5 Å². The Morgan fingerprint density at radius 3 is 2.08 bits per heavy atom. The molecule has 0 aliphatic carbocycles. The van der Waals surface area contributed by atoms with E-state index in [4.69, 9.17) is 14.2 Å². The van der Waals surface area contributed by atoms with E-state index >= 15 is 0 Å². The van der Waals surface area contributed by atoms with Crippen molar-refractivity contribution in [1.29, 1.82) is 0 Å². The first kappa shape index (κ1) is 18.5. The summed E-state index contributed by atoms with van der Waals surface area (Å²) in [6.45, 7) is 5.27. The van der Waals surface area contributed by atoms with Crippen LogP contribution in [-0.4, -0.2) is 32.6 Å². The molecular weight excluding hydrogens is 320 g/mol. The molecule has 0 aromatic heterocycles. The molecule has 0 heterocycles. The molecule has 0 saturated heterocycles. The van der Waals surface area contributed by atoms with Crippen LogP contribution in [-0.2, 0) is 4.74 Å². The Hall–Kier alpha value is -2.82. The lowest BCUT2D eigenvalue weighted by atomic mass is 10.0. The summed E-state index contributed by atoms with van der Waals surface area (Å²) in [5, 5.41) is 0. The molecule has 0 bridgehead atoms. The molecule has 25 heavy (non-hydrogen) atoms. The predicted octanol–water partition coefficient (Wildman–Crippen LogP) is 3.67. The van der Waals surface area contributed by atoms with Crippen LogP contribution in [0.15, 0.2) is 30.3 Å². The summed E-state index contributed by atoms with van der Waals surface area (Å²) in [7, 11) is 3.03. The lowest BCUT2D eigenvalue weighted by Crippen LogP contribution is -2.15.